The molecular weight excluding hydrogens is 206 g/mol. The Kier molecular flexibility index (Phi) is 5.91. The minimum absolute atomic E-state index is 0.694. The number of thiophene rings is 1. The molecule has 0 spiro atoms. The molecule has 1 N–H and O–H groups in total. The molecule has 0 radical (unpaired) electrons. The van der Waals surface area contributed by atoms with Gasteiger partial charge in [-0.1, -0.05) is 6.92 Å². The molecule has 1 heterocycles. The molecule has 1 aromatic rings. The first-order chi connectivity index (χ1) is 7.22. The lowest BCUT2D eigenvalue weighted by Gasteiger charge is -2.11. The van der Waals surface area contributed by atoms with Crippen molar-refractivity contribution in [3.63, 3.8) is 0 Å². The highest BCUT2D eigenvalue weighted by Gasteiger charge is 2.04. The summed E-state index contributed by atoms with van der Waals surface area (Å²) in [6, 6.07) is 4.44. The molecule has 3 heteroatoms. The highest BCUT2D eigenvalue weighted by atomic mass is 32.1. The molecule has 0 aliphatic rings. The summed E-state index contributed by atoms with van der Waals surface area (Å²) in [4.78, 5) is 2.90. The van der Waals surface area contributed by atoms with Crippen molar-refractivity contribution in [2.45, 2.75) is 20.3 Å². The van der Waals surface area contributed by atoms with Crippen LogP contribution in [0.15, 0.2) is 12.1 Å². The molecule has 2 nitrogen and oxygen atoms in total. The number of hydrogen-bond donors (Lipinski definition) is 1. The van der Waals surface area contributed by atoms with Gasteiger partial charge in [0, 0.05) is 23.4 Å². The summed E-state index contributed by atoms with van der Waals surface area (Å²) in [5.41, 5.74) is 0. The van der Waals surface area contributed by atoms with Crippen LogP contribution in [0.5, 0.6) is 0 Å². The molecule has 1 atom stereocenters. The van der Waals surface area contributed by atoms with Gasteiger partial charge in [0.2, 0.25) is 0 Å². The van der Waals surface area contributed by atoms with Crippen LogP contribution in [0.2, 0.25) is 0 Å². The molecule has 15 heavy (non-hydrogen) atoms. The van der Waals surface area contributed by atoms with E-state index in [9.17, 15) is 0 Å². The number of aryl methyl sites for hydroxylation is 1. The summed E-state index contributed by atoms with van der Waals surface area (Å²) >= 11 is 1.91. The molecule has 0 aliphatic heterocycles. The first kappa shape index (κ1) is 12.7. The Bertz CT molecular complexity index is 272. The predicted molar refractivity (Wildman–Crippen MR) is 66.7 cm³/mol. The van der Waals surface area contributed by atoms with Gasteiger partial charge in [0.15, 0.2) is 0 Å². The van der Waals surface area contributed by atoms with Crippen molar-refractivity contribution < 1.29 is 4.74 Å². The third kappa shape index (κ3) is 5.30. The van der Waals surface area contributed by atoms with Crippen LogP contribution in [-0.4, -0.2) is 26.8 Å². The van der Waals surface area contributed by atoms with Crippen molar-refractivity contribution >= 4 is 11.3 Å². The fraction of sp³-hybridized carbons (Fsp3) is 0.667. The molecular formula is C12H21NOS. The van der Waals surface area contributed by atoms with E-state index in [1.165, 1.54) is 16.2 Å². The topological polar surface area (TPSA) is 21.3 Å². The first-order valence-electron chi connectivity index (χ1n) is 5.47. The van der Waals surface area contributed by atoms with Crippen molar-refractivity contribution in [2.75, 3.05) is 26.8 Å². The zero-order chi connectivity index (χ0) is 11.1. The maximum absolute atomic E-state index is 4.98. The molecule has 1 unspecified atom stereocenters. The van der Waals surface area contributed by atoms with Crippen molar-refractivity contribution in [1.29, 1.82) is 0 Å². The maximum atomic E-state index is 4.98. The van der Waals surface area contributed by atoms with E-state index < -0.39 is 0 Å². The first-order valence-corrected chi connectivity index (χ1v) is 6.29. The molecule has 0 aromatic carbocycles. The molecule has 0 aliphatic carbocycles. The van der Waals surface area contributed by atoms with Gasteiger partial charge in [-0.2, -0.15) is 0 Å². The van der Waals surface area contributed by atoms with Crippen LogP contribution in [0.1, 0.15) is 16.7 Å². The Balaban J connectivity index is 2.15. The molecule has 1 rings (SSSR count). The minimum atomic E-state index is 0.694. The standard InChI is InChI=1S/C12H21NOS/c1-10(9-13-6-7-14-3)8-12-5-4-11(2)15-12/h4-5,10,13H,6-9H2,1-3H3. The molecule has 1 aromatic heterocycles. The van der Waals surface area contributed by atoms with Gasteiger partial charge in [-0.3, -0.25) is 0 Å². The van der Waals surface area contributed by atoms with E-state index in [1.807, 2.05) is 11.3 Å². The van der Waals surface area contributed by atoms with Crippen molar-refractivity contribution in [1.82, 2.24) is 5.32 Å². The summed E-state index contributed by atoms with van der Waals surface area (Å²) in [6.45, 7) is 7.26. The second kappa shape index (κ2) is 6.99. The second-order valence-corrected chi connectivity index (χ2v) is 5.39. The summed E-state index contributed by atoms with van der Waals surface area (Å²) in [5, 5.41) is 3.39. The van der Waals surface area contributed by atoms with E-state index in [2.05, 4.69) is 31.3 Å². The number of nitrogens with one attached hydrogen (secondary N) is 1. The van der Waals surface area contributed by atoms with Crippen molar-refractivity contribution in [3.05, 3.63) is 21.9 Å². The highest BCUT2D eigenvalue weighted by Crippen LogP contribution is 2.18. The molecule has 0 amide bonds. The third-order valence-corrected chi connectivity index (χ3v) is 3.34. The molecule has 0 saturated heterocycles. The van der Waals surface area contributed by atoms with Gasteiger partial charge >= 0.3 is 0 Å². The quantitative estimate of drug-likeness (QED) is 0.723. The van der Waals surface area contributed by atoms with Crippen molar-refractivity contribution in [3.8, 4) is 0 Å². The summed E-state index contributed by atoms with van der Waals surface area (Å²) in [7, 11) is 1.74. The average Bonchev–Trinajstić information content (AvgIpc) is 2.59. The van der Waals surface area contributed by atoms with Crippen LogP contribution in [0.3, 0.4) is 0 Å². The summed E-state index contributed by atoms with van der Waals surface area (Å²) < 4.78 is 4.98. The van der Waals surface area contributed by atoms with Crippen LogP contribution in [0.25, 0.3) is 0 Å². The Morgan fingerprint density at radius 2 is 2.27 bits per heavy atom. The minimum Gasteiger partial charge on any atom is -0.383 e. The smallest absolute Gasteiger partial charge is 0.0587 e. The zero-order valence-corrected chi connectivity index (χ0v) is 10.7. The van der Waals surface area contributed by atoms with E-state index in [0.717, 1.165) is 19.7 Å². The SMILES string of the molecule is COCCNCC(C)Cc1ccc(C)s1. The number of hydrogen-bond acceptors (Lipinski definition) is 3. The van der Waals surface area contributed by atoms with Gasteiger partial charge in [-0.15, -0.1) is 11.3 Å². The third-order valence-electron chi connectivity index (χ3n) is 2.32. The lowest BCUT2D eigenvalue weighted by molar-refractivity contribution is 0.198. The summed E-state index contributed by atoms with van der Waals surface area (Å²) in [6.07, 6.45) is 1.18. The van der Waals surface area contributed by atoms with Crippen molar-refractivity contribution in [2.24, 2.45) is 5.92 Å². The fourth-order valence-corrected chi connectivity index (χ4v) is 2.59. The van der Waals surface area contributed by atoms with E-state index in [-0.39, 0.29) is 0 Å². The van der Waals surface area contributed by atoms with Crippen LogP contribution < -0.4 is 5.32 Å². The van der Waals surface area contributed by atoms with Gasteiger partial charge in [-0.25, -0.2) is 0 Å². The maximum Gasteiger partial charge on any atom is 0.0587 e. The monoisotopic (exact) mass is 227 g/mol. The number of methoxy groups -OCH3 is 1. The lowest BCUT2D eigenvalue weighted by atomic mass is 10.1. The lowest BCUT2D eigenvalue weighted by Crippen LogP contribution is -2.25. The Morgan fingerprint density at radius 1 is 1.47 bits per heavy atom. The Labute approximate surface area is 96.7 Å². The van der Waals surface area contributed by atoms with Gasteiger partial charge in [0.1, 0.15) is 0 Å². The summed E-state index contributed by atoms with van der Waals surface area (Å²) in [5.74, 6) is 0.694. The second-order valence-electron chi connectivity index (χ2n) is 4.02. The zero-order valence-electron chi connectivity index (χ0n) is 9.88. The van der Waals surface area contributed by atoms with E-state index >= 15 is 0 Å². The van der Waals surface area contributed by atoms with Crippen LogP contribution >= 0.6 is 11.3 Å². The van der Waals surface area contributed by atoms with E-state index in [1.54, 1.807) is 7.11 Å². The fourth-order valence-electron chi connectivity index (χ4n) is 1.53. The van der Waals surface area contributed by atoms with E-state index in [4.69, 9.17) is 4.74 Å². The normalized spacial score (nSPS) is 13.0. The Hall–Kier alpha value is -0.380. The van der Waals surface area contributed by atoms with Gasteiger partial charge < -0.3 is 10.1 Å². The molecule has 86 valence electrons. The highest BCUT2D eigenvalue weighted by molar-refractivity contribution is 7.11. The number of rotatable bonds is 7. The molecule has 0 saturated carbocycles. The van der Waals surface area contributed by atoms with Gasteiger partial charge in [0.25, 0.3) is 0 Å². The largest absolute Gasteiger partial charge is 0.383 e. The van der Waals surface area contributed by atoms with Gasteiger partial charge in [-0.05, 0) is 37.9 Å². The number of ether oxygens (including phenoxy) is 1. The molecule has 0 bridgehead atoms. The molecule has 0 fully saturated rings. The van der Waals surface area contributed by atoms with E-state index in [0.29, 0.717) is 5.92 Å². The predicted octanol–water partition coefficient (Wildman–Crippen LogP) is 2.47. The Morgan fingerprint density at radius 3 is 2.87 bits per heavy atom. The van der Waals surface area contributed by atoms with Crippen LogP contribution in [0.4, 0.5) is 0 Å². The van der Waals surface area contributed by atoms with Crippen LogP contribution in [0, 0.1) is 12.8 Å². The van der Waals surface area contributed by atoms with Crippen LogP contribution in [-0.2, 0) is 11.2 Å². The average molecular weight is 227 g/mol. The van der Waals surface area contributed by atoms with Gasteiger partial charge in [0.05, 0.1) is 6.61 Å².